The molecule has 2 aromatic rings. The Morgan fingerprint density at radius 3 is 1.38 bits per heavy atom. The van der Waals surface area contributed by atoms with E-state index >= 15 is 0 Å². The molecule has 0 aliphatic rings. The van der Waals surface area contributed by atoms with Crippen LogP contribution in [0.3, 0.4) is 0 Å². The molecule has 0 spiro atoms. The molecule has 3 heteroatoms. The van der Waals surface area contributed by atoms with Crippen LogP contribution in [-0.2, 0) is 42.2 Å². The Morgan fingerprint density at radius 1 is 0.480 bits per heavy atom. The summed E-state index contributed by atoms with van der Waals surface area (Å²) in [5, 5.41) is 0. The summed E-state index contributed by atoms with van der Waals surface area (Å²) in [6.45, 7) is 11.4. The molecule has 282 valence electrons. The van der Waals surface area contributed by atoms with E-state index in [0.29, 0.717) is 0 Å². The van der Waals surface area contributed by atoms with Gasteiger partial charge in [0.1, 0.15) is 5.71 Å². The number of hydrogen-bond acceptors (Lipinski definition) is 2. The van der Waals surface area contributed by atoms with E-state index in [9.17, 15) is 0 Å². The summed E-state index contributed by atoms with van der Waals surface area (Å²) in [6, 6.07) is 13.7. The van der Waals surface area contributed by atoms with Crippen molar-refractivity contribution in [3.05, 3.63) is 58.7 Å². The number of aliphatic imine (C=N–C) groups is 2. The van der Waals surface area contributed by atoms with E-state index in [4.69, 9.17) is 9.98 Å². The molecule has 0 atom stereocenters. The summed E-state index contributed by atoms with van der Waals surface area (Å²) in [7, 11) is 0. The number of nitrogens with zero attached hydrogens (tertiary/aromatic N) is 2. The van der Waals surface area contributed by atoms with Gasteiger partial charge in [0, 0.05) is 22.9 Å². The summed E-state index contributed by atoms with van der Waals surface area (Å²) in [4.78, 5) is 10.1. The van der Waals surface area contributed by atoms with E-state index < -0.39 is 0 Å². The van der Waals surface area contributed by atoms with Gasteiger partial charge >= 0.3 is 0 Å². The van der Waals surface area contributed by atoms with Crippen LogP contribution < -0.4 is 0 Å². The molecule has 0 radical (unpaired) electrons. The standard InChI is InChI=1S/C47H74N2.Ni/c1-6-11-16-17-18-19-20-21-22-23-28-33-47(49-46-37-35-42(30-25-13-8-3)44(39-46)32-27-15-10-5)40-48-45-36-34-41(29-24-12-7-2)43(38-45)31-26-14-9-4;/h34-40H,6-27,29-32H2,1-5H3;/b48-40+,49-47+;. The number of benzene rings is 2. The van der Waals surface area contributed by atoms with E-state index in [1.807, 2.05) is 6.21 Å². The average molecular weight is 726 g/mol. The van der Waals surface area contributed by atoms with Gasteiger partial charge in [-0.1, -0.05) is 155 Å². The molecular weight excluding hydrogens is 651 g/mol. The fourth-order valence-corrected chi connectivity index (χ4v) is 6.63. The van der Waals surface area contributed by atoms with Crippen molar-refractivity contribution in [3.8, 4) is 11.8 Å². The van der Waals surface area contributed by atoms with Crippen molar-refractivity contribution < 1.29 is 16.5 Å². The van der Waals surface area contributed by atoms with Crippen LogP contribution in [0.4, 0.5) is 11.4 Å². The third-order valence-corrected chi connectivity index (χ3v) is 9.79. The topological polar surface area (TPSA) is 24.7 Å². The van der Waals surface area contributed by atoms with Gasteiger partial charge in [-0.25, -0.2) is 4.99 Å². The van der Waals surface area contributed by atoms with E-state index in [1.165, 1.54) is 170 Å². The van der Waals surface area contributed by atoms with Gasteiger partial charge in [0.2, 0.25) is 0 Å². The minimum absolute atomic E-state index is 0. The molecule has 2 rings (SSSR count). The Labute approximate surface area is 320 Å². The number of aryl methyl sites for hydroxylation is 4. The second-order valence-corrected chi connectivity index (χ2v) is 14.4. The second kappa shape index (κ2) is 31.6. The van der Waals surface area contributed by atoms with Crippen molar-refractivity contribution in [2.75, 3.05) is 0 Å². The minimum Gasteiger partial charge on any atom is -0.254 e. The Morgan fingerprint density at radius 2 is 0.880 bits per heavy atom. The molecule has 50 heavy (non-hydrogen) atoms. The molecule has 0 aliphatic heterocycles. The largest absolute Gasteiger partial charge is 0.254 e. The molecule has 0 N–H and O–H groups in total. The number of unbranched alkanes of at least 4 members (excludes halogenated alkanes) is 17. The van der Waals surface area contributed by atoms with E-state index in [-0.39, 0.29) is 16.5 Å². The Bertz CT molecular complexity index is 1250. The maximum Gasteiger partial charge on any atom is 0.132 e. The van der Waals surface area contributed by atoms with Crippen LogP contribution in [0.2, 0.25) is 0 Å². The summed E-state index contributed by atoms with van der Waals surface area (Å²) in [5.41, 5.74) is 8.76. The average Bonchev–Trinajstić information content (AvgIpc) is 3.11. The van der Waals surface area contributed by atoms with Gasteiger partial charge < -0.3 is 0 Å². The van der Waals surface area contributed by atoms with Gasteiger partial charge in [-0.2, -0.15) is 0 Å². The van der Waals surface area contributed by atoms with Gasteiger partial charge in [-0.3, -0.25) is 4.99 Å². The predicted molar refractivity (Wildman–Crippen MR) is 221 cm³/mol. The molecule has 0 amide bonds. The third kappa shape index (κ3) is 21.3. The normalized spacial score (nSPS) is 11.5. The SMILES string of the molecule is CCCCCCCCCCCC#CC(/C=N/c1ccc(CCCCC)c(CCCCC)c1)=N\c1ccc(CCCCC)c(CCCCC)c1.[Ni]. The maximum atomic E-state index is 5.13. The van der Waals surface area contributed by atoms with Gasteiger partial charge in [-0.15, -0.1) is 0 Å². The molecule has 0 fully saturated rings. The van der Waals surface area contributed by atoms with Gasteiger partial charge in [0.15, 0.2) is 0 Å². The summed E-state index contributed by atoms with van der Waals surface area (Å²) in [5.74, 6) is 6.92. The Hall–Kier alpha value is -2.17. The fraction of sp³-hybridized carbons (Fsp3) is 0.660. The second-order valence-electron chi connectivity index (χ2n) is 14.4. The van der Waals surface area contributed by atoms with Crippen molar-refractivity contribution in [1.82, 2.24) is 0 Å². The zero-order valence-electron chi connectivity index (χ0n) is 33.1. The van der Waals surface area contributed by atoms with Gasteiger partial charge in [0.05, 0.1) is 17.6 Å². The molecule has 0 unspecified atom stereocenters. The maximum absolute atomic E-state index is 5.13. The molecule has 2 aromatic carbocycles. The monoisotopic (exact) mass is 725 g/mol. The van der Waals surface area contributed by atoms with Crippen molar-refractivity contribution in [3.63, 3.8) is 0 Å². The molecule has 0 saturated carbocycles. The summed E-state index contributed by atoms with van der Waals surface area (Å²) >= 11 is 0. The van der Waals surface area contributed by atoms with Gasteiger partial charge in [-0.05, 0) is 110 Å². The van der Waals surface area contributed by atoms with Crippen LogP contribution in [0.15, 0.2) is 46.4 Å². The predicted octanol–water partition coefficient (Wildman–Crippen LogP) is 15.0. The summed E-state index contributed by atoms with van der Waals surface area (Å²) in [6.07, 6.45) is 34.7. The van der Waals surface area contributed by atoms with Crippen molar-refractivity contribution >= 4 is 23.3 Å². The molecule has 0 aliphatic carbocycles. The van der Waals surface area contributed by atoms with Gasteiger partial charge in [0.25, 0.3) is 0 Å². The fourth-order valence-electron chi connectivity index (χ4n) is 6.63. The minimum atomic E-state index is 0. The van der Waals surface area contributed by atoms with Crippen molar-refractivity contribution in [1.29, 1.82) is 0 Å². The van der Waals surface area contributed by atoms with Crippen LogP contribution >= 0.6 is 0 Å². The number of rotatable bonds is 28. The zero-order chi connectivity index (χ0) is 35.2. The first-order chi connectivity index (χ1) is 24.1. The van der Waals surface area contributed by atoms with E-state index in [1.54, 1.807) is 0 Å². The van der Waals surface area contributed by atoms with Crippen LogP contribution in [0.25, 0.3) is 0 Å². The molecule has 0 bridgehead atoms. The molecule has 0 aromatic heterocycles. The van der Waals surface area contributed by atoms with Crippen molar-refractivity contribution in [2.24, 2.45) is 9.98 Å². The first-order valence-corrected chi connectivity index (χ1v) is 21.0. The number of hydrogen-bond donors (Lipinski definition) is 0. The molecule has 2 nitrogen and oxygen atoms in total. The Kier molecular flexibility index (Phi) is 28.9. The third-order valence-electron chi connectivity index (χ3n) is 9.79. The zero-order valence-corrected chi connectivity index (χ0v) is 34.1. The van der Waals surface area contributed by atoms with Crippen LogP contribution in [0.5, 0.6) is 0 Å². The molecule has 0 saturated heterocycles. The quantitative estimate of drug-likeness (QED) is 0.0361. The van der Waals surface area contributed by atoms with Crippen LogP contribution in [0.1, 0.15) is 198 Å². The summed E-state index contributed by atoms with van der Waals surface area (Å²) < 4.78 is 0. The first kappa shape index (κ1) is 45.9. The first-order valence-electron chi connectivity index (χ1n) is 21.0. The van der Waals surface area contributed by atoms with E-state index in [0.717, 1.165) is 36.3 Å². The molecule has 0 heterocycles. The van der Waals surface area contributed by atoms with E-state index in [2.05, 4.69) is 82.9 Å². The Balaban J connectivity index is 0.0000125. The molecular formula is C47H74N2Ni. The van der Waals surface area contributed by atoms with Crippen LogP contribution in [-0.4, -0.2) is 11.9 Å². The smallest absolute Gasteiger partial charge is 0.132 e. The van der Waals surface area contributed by atoms with Crippen LogP contribution in [0, 0.1) is 11.8 Å². The van der Waals surface area contributed by atoms with Crippen molar-refractivity contribution in [2.45, 2.75) is 202 Å².